The number of hydrogen-bond donors (Lipinski definition) is 3. The number of ether oxygens (including phenoxy) is 1. The molecule has 0 radical (unpaired) electrons. The second-order valence-corrected chi connectivity index (χ2v) is 5.52. The first-order valence-electron chi connectivity index (χ1n) is 7.07. The van der Waals surface area contributed by atoms with Crippen molar-refractivity contribution in [1.29, 1.82) is 0 Å². The third kappa shape index (κ3) is 1.96. The monoisotopic (exact) mass is 288 g/mol. The molecule has 0 spiro atoms. The molecule has 2 aromatic rings. The van der Waals surface area contributed by atoms with Crippen LogP contribution in [-0.4, -0.2) is 46.4 Å². The van der Waals surface area contributed by atoms with Crippen LogP contribution in [0.25, 0.3) is 11.0 Å². The third-order valence-corrected chi connectivity index (χ3v) is 4.28. The number of anilines is 1. The van der Waals surface area contributed by atoms with Crippen LogP contribution in [0.15, 0.2) is 18.5 Å². The largest absolute Gasteiger partial charge is 0.488 e. The number of nitrogens with zero attached hydrogens (tertiary/aromatic N) is 2. The molecule has 3 heterocycles. The molecule has 1 saturated carbocycles. The predicted octanol–water partition coefficient (Wildman–Crippen LogP) is 1.56. The molecule has 0 aromatic carbocycles. The van der Waals surface area contributed by atoms with Crippen LogP contribution in [-0.2, 0) is 0 Å². The summed E-state index contributed by atoms with van der Waals surface area (Å²) in [6.07, 6.45) is 4.35. The Labute approximate surface area is 120 Å². The van der Waals surface area contributed by atoms with Crippen LogP contribution >= 0.6 is 0 Å². The molecule has 1 amide bonds. The minimum absolute atomic E-state index is 0.0577. The smallest absolute Gasteiger partial charge is 0.404 e. The lowest BCUT2D eigenvalue weighted by atomic mass is 9.85. The molecule has 0 bridgehead atoms. The van der Waals surface area contributed by atoms with Crippen molar-refractivity contribution >= 4 is 22.8 Å². The van der Waals surface area contributed by atoms with Crippen LogP contribution in [0, 0.1) is 0 Å². The molecular formula is C14H16N4O3. The summed E-state index contributed by atoms with van der Waals surface area (Å²) in [5.74, 6) is 0.808. The molecule has 110 valence electrons. The Balaban J connectivity index is 1.62. The number of fused-ring (bicyclic) bond motifs is 3. The first-order valence-corrected chi connectivity index (χ1v) is 7.07. The second kappa shape index (κ2) is 4.54. The van der Waals surface area contributed by atoms with Gasteiger partial charge in [-0.3, -0.25) is 0 Å². The SMILES string of the molecule is O=C(O)NC1CC(N2CCOc3cnc4[nH]ccc4c32)C1. The van der Waals surface area contributed by atoms with Crippen molar-refractivity contribution in [1.82, 2.24) is 15.3 Å². The van der Waals surface area contributed by atoms with Gasteiger partial charge in [0.2, 0.25) is 0 Å². The maximum Gasteiger partial charge on any atom is 0.404 e. The van der Waals surface area contributed by atoms with Crippen molar-refractivity contribution in [2.75, 3.05) is 18.1 Å². The van der Waals surface area contributed by atoms with Gasteiger partial charge in [0.05, 0.1) is 18.4 Å². The normalized spacial score (nSPS) is 24.1. The van der Waals surface area contributed by atoms with Gasteiger partial charge in [0.1, 0.15) is 12.3 Å². The number of pyridine rings is 1. The van der Waals surface area contributed by atoms with Gasteiger partial charge in [0.25, 0.3) is 0 Å². The fourth-order valence-electron chi connectivity index (χ4n) is 3.24. The van der Waals surface area contributed by atoms with Crippen molar-refractivity contribution in [2.45, 2.75) is 24.9 Å². The topological polar surface area (TPSA) is 90.5 Å². The third-order valence-electron chi connectivity index (χ3n) is 4.28. The lowest BCUT2D eigenvalue weighted by Gasteiger charge is -2.45. The Bertz CT molecular complexity index is 693. The van der Waals surface area contributed by atoms with Gasteiger partial charge in [0, 0.05) is 23.7 Å². The molecule has 7 nitrogen and oxygen atoms in total. The van der Waals surface area contributed by atoms with E-state index in [1.165, 1.54) is 0 Å². The Morgan fingerprint density at radius 3 is 3.19 bits per heavy atom. The van der Waals surface area contributed by atoms with Gasteiger partial charge in [-0.15, -0.1) is 0 Å². The zero-order valence-corrected chi connectivity index (χ0v) is 11.4. The molecule has 1 aliphatic heterocycles. The number of aromatic nitrogens is 2. The van der Waals surface area contributed by atoms with Gasteiger partial charge in [-0.1, -0.05) is 0 Å². The number of amides is 1. The van der Waals surface area contributed by atoms with Gasteiger partial charge < -0.3 is 25.0 Å². The molecule has 2 aliphatic rings. The molecular weight excluding hydrogens is 272 g/mol. The predicted molar refractivity (Wildman–Crippen MR) is 76.9 cm³/mol. The summed E-state index contributed by atoms with van der Waals surface area (Å²) in [5, 5.41) is 12.4. The molecule has 4 rings (SSSR count). The number of nitrogens with one attached hydrogen (secondary N) is 2. The summed E-state index contributed by atoms with van der Waals surface area (Å²) in [6.45, 7) is 1.46. The van der Waals surface area contributed by atoms with Gasteiger partial charge in [-0.2, -0.15) is 0 Å². The van der Waals surface area contributed by atoms with E-state index in [4.69, 9.17) is 9.84 Å². The van der Waals surface area contributed by atoms with Gasteiger partial charge >= 0.3 is 6.09 Å². The first-order chi connectivity index (χ1) is 10.2. The minimum atomic E-state index is -0.946. The molecule has 1 aliphatic carbocycles. The standard InChI is InChI=1S/C14H16N4O3/c19-14(20)17-8-5-9(6-8)18-3-4-21-11-7-16-13-10(12(11)18)1-2-15-13/h1-2,7-9,17H,3-6H2,(H,15,16)(H,19,20). The zero-order chi connectivity index (χ0) is 14.4. The van der Waals surface area contributed by atoms with Gasteiger partial charge in [-0.25, -0.2) is 9.78 Å². The van der Waals surface area contributed by atoms with Gasteiger partial charge in [-0.05, 0) is 18.9 Å². The highest BCUT2D eigenvalue weighted by Gasteiger charge is 2.37. The van der Waals surface area contributed by atoms with Crippen molar-refractivity contribution < 1.29 is 14.6 Å². The number of rotatable bonds is 2. The van der Waals surface area contributed by atoms with Crippen LogP contribution in [0.3, 0.4) is 0 Å². The van der Waals surface area contributed by atoms with E-state index < -0.39 is 6.09 Å². The molecule has 21 heavy (non-hydrogen) atoms. The van der Waals surface area contributed by atoms with Crippen LogP contribution in [0.1, 0.15) is 12.8 Å². The summed E-state index contributed by atoms with van der Waals surface area (Å²) >= 11 is 0. The van der Waals surface area contributed by atoms with E-state index >= 15 is 0 Å². The highest BCUT2D eigenvalue weighted by Crippen LogP contribution is 2.41. The Morgan fingerprint density at radius 2 is 2.38 bits per heavy atom. The molecule has 3 N–H and O–H groups in total. The Hall–Kier alpha value is -2.44. The van der Waals surface area contributed by atoms with Crippen molar-refractivity contribution in [3.05, 3.63) is 18.5 Å². The van der Waals surface area contributed by atoms with E-state index in [2.05, 4.69) is 20.2 Å². The summed E-state index contributed by atoms with van der Waals surface area (Å²) in [4.78, 5) is 20.5. The van der Waals surface area contributed by atoms with Crippen LogP contribution in [0.5, 0.6) is 5.75 Å². The molecule has 0 atom stereocenters. The summed E-state index contributed by atoms with van der Waals surface area (Å²) in [5.41, 5.74) is 1.93. The summed E-state index contributed by atoms with van der Waals surface area (Å²) < 4.78 is 5.71. The van der Waals surface area contributed by atoms with Crippen LogP contribution in [0.4, 0.5) is 10.5 Å². The number of aromatic amines is 1. The first kappa shape index (κ1) is 12.3. The summed E-state index contributed by atoms with van der Waals surface area (Å²) in [7, 11) is 0. The lowest BCUT2D eigenvalue weighted by molar-refractivity contribution is 0.175. The van der Waals surface area contributed by atoms with E-state index in [-0.39, 0.29) is 6.04 Å². The molecule has 0 saturated heterocycles. The van der Waals surface area contributed by atoms with E-state index in [9.17, 15) is 4.79 Å². The lowest BCUT2D eigenvalue weighted by Crippen LogP contribution is -2.55. The molecule has 7 heteroatoms. The van der Waals surface area contributed by atoms with Crippen molar-refractivity contribution in [3.8, 4) is 5.75 Å². The second-order valence-electron chi connectivity index (χ2n) is 5.52. The van der Waals surface area contributed by atoms with Crippen LogP contribution < -0.4 is 15.0 Å². The highest BCUT2D eigenvalue weighted by molar-refractivity contribution is 5.93. The molecule has 2 aromatic heterocycles. The van der Waals surface area contributed by atoms with Crippen molar-refractivity contribution in [3.63, 3.8) is 0 Å². The number of carbonyl (C=O) groups is 1. The fraction of sp³-hybridized carbons (Fsp3) is 0.429. The minimum Gasteiger partial charge on any atom is -0.488 e. The van der Waals surface area contributed by atoms with Crippen molar-refractivity contribution in [2.24, 2.45) is 0 Å². The zero-order valence-electron chi connectivity index (χ0n) is 11.4. The van der Waals surface area contributed by atoms with E-state index in [0.29, 0.717) is 12.6 Å². The average molecular weight is 288 g/mol. The van der Waals surface area contributed by atoms with E-state index in [1.54, 1.807) is 6.20 Å². The summed E-state index contributed by atoms with van der Waals surface area (Å²) in [6, 6.07) is 2.42. The Kier molecular flexibility index (Phi) is 2.66. The van der Waals surface area contributed by atoms with E-state index in [0.717, 1.165) is 41.9 Å². The quantitative estimate of drug-likeness (QED) is 0.780. The average Bonchev–Trinajstić information content (AvgIpc) is 2.90. The Morgan fingerprint density at radius 1 is 1.52 bits per heavy atom. The molecule has 0 unspecified atom stereocenters. The highest BCUT2D eigenvalue weighted by atomic mass is 16.5. The number of H-pyrrole nitrogens is 1. The number of carboxylic acid groups (broad SMARTS) is 1. The fourth-order valence-corrected chi connectivity index (χ4v) is 3.24. The van der Waals surface area contributed by atoms with E-state index in [1.807, 2.05) is 12.3 Å². The van der Waals surface area contributed by atoms with Gasteiger partial charge in [0.15, 0.2) is 5.75 Å². The number of hydrogen-bond acceptors (Lipinski definition) is 4. The molecule has 1 fully saturated rings. The maximum absolute atomic E-state index is 10.7. The maximum atomic E-state index is 10.7. The van der Waals surface area contributed by atoms with Crippen LogP contribution in [0.2, 0.25) is 0 Å².